The molecular formula is C19H22N2O. The highest BCUT2D eigenvalue weighted by Crippen LogP contribution is 2.34. The van der Waals surface area contributed by atoms with Crippen LogP contribution < -0.4 is 9.64 Å². The summed E-state index contributed by atoms with van der Waals surface area (Å²) in [6.07, 6.45) is 1.10. The predicted octanol–water partition coefficient (Wildman–Crippen LogP) is 3.16. The van der Waals surface area contributed by atoms with E-state index < -0.39 is 0 Å². The fourth-order valence-corrected chi connectivity index (χ4v) is 3.59. The number of fused-ring (bicyclic) bond motifs is 3. The minimum absolute atomic E-state index is 0.557. The number of piperazine rings is 1. The maximum atomic E-state index is 5.93. The number of hydrogen-bond donors (Lipinski definition) is 0. The van der Waals surface area contributed by atoms with Crippen molar-refractivity contribution in [2.24, 2.45) is 0 Å². The summed E-state index contributed by atoms with van der Waals surface area (Å²) in [6.45, 7) is 5.18. The molecule has 0 spiro atoms. The van der Waals surface area contributed by atoms with Gasteiger partial charge in [0, 0.05) is 38.6 Å². The van der Waals surface area contributed by atoms with Crippen LogP contribution in [0.1, 0.15) is 12.0 Å². The van der Waals surface area contributed by atoms with Gasteiger partial charge in [-0.1, -0.05) is 42.5 Å². The Hall–Kier alpha value is -2.00. The molecular weight excluding hydrogens is 272 g/mol. The average Bonchev–Trinajstić information content (AvgIpc) is 2.75. The number of para-hydroxylation sites is 2. The number of ether oxygens (including phenoxy) is 1. The largest absolute Gasteiger partial charge is 0.491 e. The second kappa shape index (κ2) is 6.01. The Bertz CT molecular complexity index is 628. The lowest BCUT2D eigenvalue weighted by Crippen LogP contribution is -2.52. The molecule has 0 bridgehead atoms. The van der Waals surface area contributed by atoms with E-state index in [1.807, 2.05) is 0 Å². The highest BCUT2D eigenvalue weighted by Gasteiger charge is 2.30. The molecule has 1 atom stereocenters. The third-order valence-corrected chi connectivity index (χ3v) is 4.70. The lowest BCUT2D eigenvalue weighted by Gasteiger charge is -2.41. The van der Waals surface area contributed by atoms with Gasteiger partial charge in [0.05, 0.1) is 12.3 Å². The van der Waals surface area contributed by atoms with Crippen LogP contribution in [0.5, 0.6) is 5.75 Å². The predicted molar refractivity (Wildman–Crippen MR) is 89.4 cm³/mol. The first-order chi connectivity index (χ1) is 10.9. The van der Waals surface area contributed by atoms with Gasteiger partial charge in [-0.3, -0.25) is 4.90 Å². The molecule has 22 heavy (non-hydrogen) atoms. The number of hydrogen-bond acceptors (Lipinski definition) is 3. The first-order valence-corrected chi connectivity index (χ1v) is 8.15. The summed E-state index contributed by atoms with van der Waals surface area (Å²) in [6, 6.07) is 19.8. The van der Waals surface area contributed by atoms with Gasteiger partial charge < -0.3 is 9.64 Å². The Labute approximate surface area is 132 Å². The molecule has 2 aliphatic heterocycles. The van der Waals surface area contributed by atoms with Crippen molar-refractivity contribution in [1.29, 1.82) is 0 Å². The Balaban J connectivity index is 1.50. The van der Waals surface area contributed by atoms with Crippen LogP contribution in [0.4, 0.5) is 5.69 Å². The maximum absolute atomic E-state index is 5.93. The lowest BCUT2D eigenvalue weighted by molar-refractivity contribution is 0.202. The topological polar surface area (TPSA) is 15.7 Å². The Morgan fingerprint density at radius 1 is 0.955 bits per heavy atom. The fraction of sp³-hybridized carbons (Fsp3) is 0.368. The lowest BCUT2D eigenvalue weighted by atomic mass is 10.1. The number of benzene rings is 2. The van der Waals surface area contributed by atoms with E-state index >= 15 is 0 Å². The summed E-state index contributed by atoms with van der Waals surface area (Å²) in [4.78, 5) is 5.12. The second-order valence-corrected chi connectivity index (χ2v) is 6.17. The molecule has 0 amide bonds. The van der Waals surface area contributed by atoms with Crippen LogP contribution in [0.2, 0.25) is 0 Å². The smallest absolute Gasteiger partial charge is 0.142 e. The van der Waals surface area contributed by atoms with Crippen LogP contribution in [0.25, 0.3) is 0 Å². The van der Waals surface area contributed by atoms with Crippen molar-refractivity contribution in [3.05, 3.63) is 60.2 Å². The highest BCUT2D eigenvalue weighted by molar-refractivity contribution is 5.60. The number of rotatable bonds is 2. The van der Waals surface area contributed by atoms with E-state index in [1.165, 1.54) is 11.3 Å². The van der Waals surface area contributed by atoms with Gasteiger partial charge in [-0.25, -0.2) is 0 Å². The van der Waals surface area contributed by atoms with E-state index in [0.717, 1.165) is 45.0 Å². The highest BCUT2D eigenvalue weighted by atomic mass is 16.5. The summed E-state index contributed by atoms with van der Waals surface area (Å²) in [7, 11) is 0. The van der Waals surface area contributed by atoms with Crippen molar-refractivity contribution >= 4 is 5.69 Å². The molecule has 2 aromatic carbocycles. The van der Waals surface area contributed by atoms with Gasteiger partial charge in [-0.05, 0) is 17.7 Å². The first-order valence-electron chi connectivity index (χ1n) is 8.15. The molecule has 0 saturated carbocycles. The average molecular weight is 294 g/mol. The van der Waals surface area contributed by atoms with Gasteiger partial charge in [0.2, 0.25) is 0 Å². The van der Waals surface area contributed by atoms with Crippen LogP contribution in [0.3, 0.4) is 0 Å². The SMILES string of the molecule is c1ccc(CN2CCN3c4ccccc4OCCC3C2)cc1. The van der Waals surface area contributed by atoms with Gasteiger partial charge in [-0.2, -0.15) is 0 Å². The molecule has 0 radical (unpaired) electrons. The quantitative estimate of drug-likeness (QED) is 0.846. The van der Waals surface area contributed by atoms with E-state index in [-0.39, 0.29) is 0 Å². The molecule has 1 fully saturated rings. The molecule has 0 aromatic heterocycles. The zero-order chi connectivity index (χ0) is 14.8. The van der Waals surface area contributed by atoms with E-state index in [9.17, 15) is 0 Å². The van der Waals surface area contributed by atoms with Crippen molar-refractivity contribution in [1.82, 2.24) is 4.90 Å². The molecule has 0 N–H and O–H groups in total. The summed E-state index contributed by atoms with van der Waals surface area (Å²) in [5.41, 5.74) is 2.67. The summed E-state index contributed by atoms with van der Waals surface area (Å²) < 4.78 is 5.93. The second-order valence-electron chi connectivity index (χ2n) is 6.17. The van der Waals surface area contributed by atoms with Crippen molar-refractivity contribution in [2.45, 2.75) is 19.0 Å². The normalized spacial score (nSPS) is 21.5. The molecule has 2 heterocycles. The van der Waals surface area contributed by atoms with Gasteiger partial charge in [-0.15, -0.1) is 0 Å². The van der Waals surface area contributed by atoms with Crippen LogP contribution in [-0.2, 0) is 6.54 Å². The molecule has 114 valence electrons. The zero-order valence-electron chi connectivity index (χ0n) is 12.8. The molecule has 1 unspecified atom stereocenters. The zero-order valence-corrected chi connectivity index (χ0v) is 12.8. The summed E-state index contributed by atoms with van der Waals surface area (Å²) in [5.74, 6) is 1.04. The minimum atomic E-state index is 0.557. The van der Waals surface area contributed by atoms with Gasteiger partial charge >= 0.3 is 0 Å². The summed E-state index contributed by atoms with van der Waals surface area (Å²) in [5, 5.41) is 0. The number of anilines is 1. The van der Waals surface area contributed by atoms with Crippen LogP contribution in [0.15, 0.2) is 54.6 Å². The molecule has 2 aliphatic rings. The number of nitrogens with zero attached hydrogens (tertiary/aromatic N) is 2. The van der Waals surface area contributed by atoms with E-state index in [0.29, 0.717) is 6.04 Å². The van der Waals surface area contributed by atoms with E-state index in [4.69, 9.17) is 4.74 Å². The van der Waals surface area contributed by atoms with Crippen LogP contribution in [0, 0.1) is 0 Å². The van der Waals surface area contributed by atoms with Crippen molar-refractivity contribution < 1.29 is 4.74 Å². The maximum Gasteiger partial charge on any atom is 0.142 e. The monoisotopic (exact) mass is 294 g/mol. The standard InChI is InChI=1S/C19H22N2O/c1-2-6-16(7-3-1)14-20-11-12-21-17(15-20)10-13-22-19-9-5-4-8-18(19)21/h1-9,17H,10-15H2. The third kappa shape index (κ3) is 2.69. The Morgan fingerprint density at radius 3 is 2.68 bits per heavy atom. The first kappa shape index (κ1) is 13.6. The molecule has 0 aliphatic carbocycles. The van der Waals surface area contributed by atoms with Crippen molar-refractivity contribution in [3.63, 3.8) is 0 Å². The van der Waals surface area contributed by atoms with E-state index in [1.54, 1.807) is 0 Å². The van der Waals surface area contributed by atoms with Crippen molar-refractivity contribution in [2.75, 3.05) is 31.1 Å². The Kier molecular flexibility index (Phi) is 3.73. The molecule has 1 saturated heterocycles. The molecule has 4 rings (SSSR count). The van der Waals surface area contributed by atoms with Gasteiger partial charge in [0.15, 0.2) is 0 Å². The Morgan fingerprint density at radius 2 is 1.77 bits per heavy atom. The summed E-state index contributed by atoms with van der Waals surface area (Å²) >= 11 is 0. The van der Waals surface area contributed by atoms with E-state index in [2.05, 4.69) is 64.4 Å². The molecule has 2 aromatic rings. The molecule has 3 heteroatoms. The third-order valence-electron chi connectivity index (χ3n) is 4.70. The van der Waals surface area contributed by atoms with Gasteiger partial charge in [0.1, 0.15) is 5.75 Å². The minimum Gasteiger partial charge on any atom is -0.491 e. The van der Waals surface area contributed by atoms with Crippen molar-refractivity contribution in [3.8, 4) is 5.75 Å². The molecule has 3 nitrogen and oxygen atoms in total. The van der Waals surface area contributed by atoms with Crippen LogP contribution >= 0.6 is 0 Å². The fourth-order valence-electron chi connectivity index (χ4n) is 3.59. The van der Waals surface area contributed by atoms with Crippen LogP contribution in [-0.4, -0.2) is 37.2 Å². The van der Waals surface area contributed by atoms with Gasteiger partial charge in [0.25, 0.3) is 0 Å².